The van der Waals surface area contributed by atoms with Crippen LogP contribution in [0.15, 0.2) is 12.4 Å². The average molecular weight is 249 g/mol. The zero-order valence-electron chi connectivity index (χ0n) is 11.5. The van der Waals surface area contributed by atoms with Crippen LogP contribution >= 0.6 is 0 Å². The van der Waals surface area contributed by atoms with Gasteiger partial charge in [0.1, 0.15) is 5.69 Å². The van der Waals surface area contributed by atoms with Crippen molar-refractivity contribution in [2.45, 2.75) is 39.2 Å². The quantitative estimate of drug-likeness (QED) is 0.871. The predicted molar refractivity (Wildman–Crippen MR) is 71.5 cm³/mol. The number of nitrogens with zero attached hydrogens (tertiary/aromatic N) is 2. The van der Waals surface area contributed by atoms with Gasteiger partial charge in [-0.15, -0.1) is 0 Å². The van der Waals surface area contributed by atoms with Crippen molar-refractivity contribution >= 4 is 0 Å². The summed E-state index contributed by atoms with van der Waals surface area (Å²) >= 11 is 0. The molecule has 3 unspecified atom stereocenters. The SMILES string of the molecule is CCNC(c1nccnc1OC)C1CCCC1C. The van der Waals surface area contributed by atoms with E-state index in [4.69, 9.17) is 4.74 Å². The summed E-state index contributed by atoms with van der Waals surface area (Å²) in [5, 5.41) is 3.56. The summed E-state index contributed by atoms with van der Waals surface area (Å²) in [7, 11) is 1.66. The Morgan fingerprint density at radius 1 is 1.39 bits per heavy atom. The van der Waals surface area contributed by atoms with Crippen LogP contribution in [-0.2, 0) is 0 Å². The van der Waals surface area contributed by atoms with E-state index in [9.17, 15) is 0 Å². The van der Waals surface area contributed by atoms with Gasteiger partial charge >= 0.3 is 0 Å². The molecule has 1 aromatic heterocycles. The van der Waals surface area contributed by atoms with Crippen molar-refractivity contribution in [1.82, 2.24) is 15.3 Å². The third kappa shape index (κ3) is 2.64. The topological polar surface area (TPSA) is 47.0 Å². The molecule has 1 aliphatic rings. The molecular weight excluding hydrogens is 226 g/mol. The van der Waals surface area contributed by atoms with Crippen LogP contribution in [0, 0.1) is 11.8 Å². The van der Waals surface area contributed by atoms with Gasteiger partial charge in [0.25, 0.3) is 0 Å². The van der Waals surface area contributed by atoms with E-state index in [2.05, 4.69) is 29.1 Å². The third-order valence-corrected chi connectivity index (χ3v) is 3.96. The van der Waals surface area contributed by atoms with Crippen LogP contribution < -0.4 is 10.1 Å². The van der Waals surface area contributed by atoms with E-state index < -0.39 is 0 Å². The highest BCUT2D eigenvalue weighted by Crippen LogP contribution is 2.41. The maximum atomic E-state index is 5.35. The molecular formula is C14H23N3O. The Balaban J connectivity index is 2.28. The fraction of sp³-hybridized carbons (Fsp3) is 0.714. The molecule has 0 radical (unpaired) electrons. The molecule has 18 heavy (non-hydrogen) atoms. The van der Waals surface area contributed by atoms with Crippen LogP contribution in [0.4, 0.5) is 0 Å². The minimum Gasteiger partial charge on any atom is -0.480 e. The highest BCUT2D eigenvalue weighted by Gasteiger charge is 2.34. The third-order valence-electron chi connectivity index (χ3n) is 3.96. The number of ether oxygens (including phenoxy) is 1. The Kier molecular flexibility index (Phi) is 4.53. The summed E-state index contributed by atoms with van der Waals surface area (Å²) in [6, 6.07) is 0.260. The van der Waals surface area contributed by atoms with Gasteiger partial charge in [-0.1, -0.05) is 26.7 Å². The zero-order valence-corrected chi connectivity index (χ0v) is 11.5. The Morgan fingerprint density at radius 2 is 2.17 bits per heavy atom. The molecule has 4 heteroatoms. The van der Waals surface area contributed by atoms with Crippen LogP contribution in [0.2, 0.25) is 0 Å². The molecule has 1 aromatic rings. The molecule has 1 fully saturated rings. The molecule has 1 saturated carbocycles. The summed E-state index contributed by atoms with van der Waals surface area (Å²) in [5.74, 6) is 2.03. The Labute approximate surface area is 109 Å². The summed E-state index contributed by atoms with van der Waals surface area (Å²) in [5.41, 5.74) is 0.959. The summed E-state index contributed by atoms with van der Waals surface area (Å²) in [6.45, 7) is 5.41. The van der Waals surface area contributed by atoms with Gasteiger partial charge in [-0.3, -0.25) is 4.98 Å². The lowest BCUT2D eigenvalue weighted by molar-refractivity contribution is 0.287. The minimum atomic E-state index is 0.260. The molecule has 0 aromatic carbocycles. The second-order valence-corrected chi connectivity index (χ2v) is 5.06. The smallest absolute Gasteiger partial charge is 0.237 e. The molecule has 1 aliphatic carbocycles. The second-order valence-electron chi connectivity index (χ2n) is 5.06. The molecule has 0 bridgehead atoms. The van der Waals surface area contributed by atoms with Gasteiger partial charge in [-0.2, -0.15) is 0 Å². The first-order valence-corrected chi connectivity index (χ1v) is 6.86. The van der Waals surface area contributed by atoms with Gasteiger partial charge in [0, 0.05) is 12.4 Å². The van der Waals surface area contributed by atoms with Crippen LogP contribution in [0.5, 0.6) is 5.88 Å². The van der Waals surface area contributed by atoms with E-state index in [1.807, 2.05) is 0 Å². The van der Waals surface area contributed by atoms with E-state index in [-0.39, 0.29) is 6.04 Å². The first kappa shape index (κ1) is 13.3. The first-order valence-electron chi connectivity index (χ1n) is 6.86. The van der Waals surface area contributed by atoms with Crippen molar-refractivity contribution < 1.29 is 4.74 Å². The zero-order chi connectivity index (χ0) is 13.0. The highest BCUT2D eigenvalue weighted by molar-refractivity contribution is 5.22. The number of aromatic nitrogens is 2. The Morgan fingerprint density at radius 3 is 2.78 bits per heavy atom. The lowest BCUT2D eigenvalue weighted by atomic mass is 9.88. The maximum absolute atomic E-state index is 5.35. The van der Waals surface area contributed by atoms with Crippen molar-refractivity contribution in [1.29, 1.82) is 0 Å². The summed E-state index contributed by atoms with van der Waals surface area (Å²) in [6.07, 6.45) is 7.33. The van der Waals surface area contributed by atoms with E-state index in [0.29, 0.717) is 11.8 Å². The number of hydrogen-bond acceptors (Lipinski definition) is 4. The summed E-state index contributed by atoms with van der Waals surface area (Å²) < 4.78 is 5.35. The molecule has 100 valence electrons. The molecule has 0 saturated heterocycles. The van der Waals surface area contributed by atoms with Crippen LogP contribution in [0.3, 0.4) is 0 Å². The van der Waals surface area contributed by atoms with Crippen molar-refractivity contribution in [2.24, 2.45) is 11.8 Å². The van der Waals surface area contributed by atoms with Gasteiger partial charge in [-0.25, -0.2) is 4.98 Å². The maximum Gasteiger partial charge on any atom is 0.237 e. The van der Waals surface area contributed by atoms with Crippen LogP contribution in [0.1, 0.15) is 44.8 Å². The Hall–Kier alpha value is -1.16. The van der Waals surface area contributed by atoms with Crippen molar-refractivity contribution in [3.8, 4) is 5.88 Å². The standard InChI is InChI=1S/C14H23N3O/c1-4-15-12(11-7-5-6-10(11)2)13-14(18-3)17-9-8-16-13/h8-12,15H,4-7H2,1-3H3. The van der Waals surface area contributed by atoms with E-state index >= 15 is 0 Å². The molecule has 3 atom stereocenters. The fourth-order valence-electron chi connectivity index (χ4n) is 3.05. The van der Waals surface area contributed by atoms with Gasteiger partial charge < -0.3 is 10.1 Å². The summed E-state index contributed by atoms with van der Waals surface area (Å²) in [4.78, 5) is 8.77. The number of methoxy groups -OCH3 is 1. The first-order chi connectivity index (χ1) is 8.77. The normalized spacial score (nSPS) is 25.1. The van der Waals surface area contributed by atoms with Gasteiger partial charge in [0.05, 0.1) is 13.2 Å². The lowest BCUT2D eigenvalue weighted by Crippen LogP contribution is -2.31. The monoisotopic (exact) mass is 249 g/mol. The van der Waals surface area contributed by atoms with Gasteiger partial charge in [-0.05, 0) is 24.8 Å². The molecule has 2 rings (SSSR count). The molecule has 0 amide bonds. The number of rotatable bonds is 5. The van der Waals surface area contributed by atoms with Crippen LogP contribution in [-0.4, -0.2) is 23.6 Å². The van der Waals surface area contributed by atoms with Gasteiger partial charge in [0.15, 0.2) is 0 Å². The second kappa shape index (κ2) is 6.14. The number of nitrogens with one attached hydrogen (secondary N) is 1. The van der Waals surface area contributed by atoms with Crippen LogP contribution in [0.25, 0.3) is 0 Å². The van der Waals surface area contributed by atoms with E-state index in [1.54, 1.807) is 19.5 Å². The largest absolute Gasteiger partial charge is 0.480 e. The molecule has 4 nitrogen and oxygen atoms in total. The fourth-order valence-corrected chi connectivity index (χ4v) is 3.05. The molecule has 0 spiro atoms. The predicted octanol–water partition coefficient (Wildman–Crippen LogP) is 2.57. The molecule has 0 aliphatic heterocycles. The van der Waals surface area contributed by atoms with Gasteiger partial charge in [0.2, 0.25) is 5.88 Å². The van der Waals surface area contributed by atoms with E-state index in [1.165, 1.54) is 19.3 Å². The van der Waals surface area contributed by atoms with E-state index in [0.717, 1.165) is 18.2 Å². The molecule has 1 heterocycles. The highest BCUT2D eigenvalue weighted by atomic mass is 16.5. The number of hydrogen-bond donors (Lipinski definition) is 1. The van der Waals surface area contributed by atoms with Crippen molar-refractivity contribution in [3.05, 3.63) is 18.1 Å². The van der Waals surface area contributed by atoms with Crippen molar-refractivity contribution in [3.63, 3.8) is 0 Å². The Bertz CT molecular complexity index is 383. The van der Waals surface area contributed by atoms with Crippen molar-refractivity contribution in [2.75, 3.05) is 13.7 Å². The lowest BCUT2D eigenvalue weighted by Gasteiger charge is -2.27. The molecule has 1 N–H and O–H groups in total. The average Bonchev–Trinajstić information content (AvgIpc) is 2.82. The minimum absolute atomic E-state index is 0.260.